The van der Waals surface area contributed by atoms with Crippen LogP contribution in [0.25, 0.3) is 0 Å². The predicted octanol–water partition coefficient (Wildman–Crippen LogP) is 2.46. The average Bonchev–Trinajstić information content (AvgIpc) is 3.22. The van der Waals surface area contributed by atoms with Gasteiger partial charge in [0.2, 0.25) is 15.9 Å². The van der Waals surface area contributed by atoms with E-state index in [2.05, 4.69) is 5.32 Å². The van der Waals surface area contributed by atoms with Crippen molar-refractivity contribution in [2.45, 2.75) is 69.9 Å². The molecule has 0 aromatic heterocycles. The van der Waals surface area contributed by atoms with E-state index in [0.29, 0.717) is 32.5 Å². The lowest BCUT2D eigenvalue weighted by atomic mass is 9.79. The number of sulfonamides is 1. The molecule has 1 aromatic carbocycles. The molecule has 196 valence electrons. The van der Waals surface area contributed by atoms with Gasteiger partial charge in [-0.3, -0.25) is 9.10 Å². The van der Waals surface area contributed by atoms with Crippen LogP contribution in [0.1, 0.15) is 50.2 Å². The summed E-state index contributed by atoms with van der Waals surface area (Å²) < 4.78 is 71.3. The zero-order valence-electron chi connectivity index (χ0n) is 19.8. The first-order valence-corrected chi connectivity index (χ1v) is 13.7. The number of aliphatic hydroxyl groups excluding tert-OH is 1. The smallest absolute Gasteiger partial charge is 0.392 e. The maximum absolute atomic E-state index is 13.8. The van der Waals surface area contributed by atoms with Crippen LogP contribution in [0.3, 0.4) is 0 Å². The highest BCUT2D eigenvalue weighted by molar-refractivity contribution is 7.92. The average molecular weight is 520 g/mol. The molecule has 1 saturated heterocycles. The van der Waals surface area contributed by atoms with Crippen molar-refractivity contribution < 1.29 is 36.2 Å². The Balaban J connectivity index is 1.61. The number of carbonyl (C=O) groups excluding carboxylic acids is 1. The quantitative estimate of drug-likeness (QED) is 0.620. The van der Waals surface area contributed by atoms with E-state index in [4.69, 9.17) is 4.74 Å². The third-order valence-corrected chi connectivity index (χ3v) is 8.60. The van der Waals surface area contributed by atoms with Gasteiger partial charge in [0.25, 0.3) is 0 Å². The fraction of sp³-hybridized carbons (Fsp3) is 0.696. The Labute approximate surface area is 203 Å². The molecule has 1 aromatic rings. The lowest BCUT2D eigenvalue weighted by Gasteiger charge is -2.42. The highest BCUT2D eigenvalue weighted by Crippen LogP contribution is 2.45. The number of hydrogen-bond acceptors (Lipinski definition) is 6. The molecule has 2 heterocycles. The molecule has 2 N–H and O–H groups in total. The number of hydrogen-bond donors (Lipinski definition) is 2. The molecule has 12 heteroatoms. The minimum atomic E-state index is -4.60. The van der Waals surface area contributed by atoms with Crippen molar-refractivity contribution in [1.82, 2.24) is 10.2 Å². The second-order valence-electron chi connectivity index (χ2n) is 9.92. The monoisotopic (exact) mass is 519 g/mol. The van der Waals surface area contributed by atoms with E-state index in [-0.39, 0.29) is 36.5 Å². The SMILES string of the molecule is CC(O)[C@@]1(C(=O)N2Cc3cc(C(F)(F)F)ccc3N(S(C)(=O)=O)C2)CC[C@H](NC2CCOCC2)C1. The summed E-state index contributed by atoms with van der Waals surface area (Å²) >= 11 is 0. The summed E-state index contributed by atoms with van der Waals surface area (Å²) in [4.78, 5) is 15.1. The van der Waals surface area contributed by atoms with Gasteiger partial charge in [-0.1, -0.05) is 0 Å². The maximum Gasteiger partial charge on any atom is 0.416 e. The molecule has 0 radical (unpaired) electrons. The number of amides is 1. The molecule has 1 aliphatic carbocycles. The second kappa shape index (κ2) is 9.53. The topological polar surface area (TPSA) is 99.2 Å². The highest BCUT2D eigenvalue weighted by atomic mass is 32.2. The highest BCUT2D eigenvalue weighted by Gasteiger charge is 2.52. The van der Waals surface area contributed by atoms with Gasteiger partial charge in [-0.2, -0.15) is 13.2 Å². The molecule has 4 rings (SSSR count). The Hall–Kier alpha value is -1.89. The van der Waals surface area contributed by atoms with Gasteiger partial charge in [0.05, 0.1) is 29.0 Å². The van der Waals surface area contributed by atoms with E-state index in [1.807, 2.05) is 0 Å². The zero-order chi connectivity index (χ0) is 25.6. The largest absolute Gasteiger partial charge is 0.416 e. The maximum atomic E-state index is 13.8. The Morgan fingerprint density at radius 2 is 1.91 bits per heavy atom. The van der Waals surface area contributed by atoms with Crippen LogP contribution in [0.15, 0.2) is 18.2 Å². The van der Waals surface area contributed by atoms with E-state index in [9.17, 15) is 31.5 Å². The summed E-state index contributed by atoms with van der Waals surface area (Å²) in [5.74, 6) is -0.444. The van der Waals surface area contributed by atoms with Crippen LogP contribution in [0.2, 0.25) is 0 Å². The van der Waals surface area contributed by atoms with Gasteiger partial charge in [0.15, 0.2) is 0 Å². The summed E-state index contributed by atoms with van der Waals surface area (Å²) in [5, 5.41) is 14.3. The molecular formula is C23H32F3N3O5S. The first-order chi connectivity index (χ1) is 16.3. The number of carbonyl (C=O) groups is 1. The number of ether oxygens (including phenoxy) is 1. The fourth-order valence-corrected chi connectivity index (χ4v) is 6.41. The Kier molecular flexibility index (Phi) is 7.13. The van der Waals surface area contributed by atoms with Gasteiger partial charge in [-0.15, -0.1) is 0 Å². The van der Waals surface area contributed by atoms with E-state index in [1.165, 1.54) is 4.90 Å². The molecule has 0 spiro atoms. The Morgan fingerprint density at radius 3 is 2.51 bits per heavy atom. The number of anilines is 1. The summed E-state index contributed by atoms with van der Waals surface area (Å²) in [5.41, 5.74) is -1.84. The van der Waals surface area contributed by atoms with Crippen LogP contribution in [0, 0.1) is 5.41 Å². The van der Waals surface area contributed by atoms with Crippen LogP contribution >= 0.6 is 0 Å². The fourth-order valence-electron chi connectivity index (χ4n) is 5.52. The summed E-state index contributed by atoms with van der Waals surface area (Å²) in [6.45, 7) is 2.39. The third kappa shape index (κ3) is 5.30. The first-order valence-electron chi connectivity index (χ1n) is 11.8. The van der Waals surface area contributed by atoms with Crippen molar-refractivity contribution >= 4 is 21.6 Å². The molecule has 8 nitrogen and oxygen atoms in total. The van der Waals surface area contributed by atoms with Crippen LogP contribution in [-0.4, -0.2) is 68.7 Å². The van der Waals surface area contributed by atoms with Crippen molar-refractivity contribution in [2.24, 2.45) is 5.41 Å². The van der Waals surface area contributed by atoms with Gasteiger partial charge in [0.1, 0.15) is 6.67 Å². The number of nitrogens with one attached hydrogen (secondary N) is 1. The number of alkyl halides is 3. The minimum Gasteiger partial charge on any atom is -0.392 e. The van der Waals surface area contributed by atoms with Crippen LogP contribution in [0.4, 0.5) is 18.9 Å². The summed E-state index contributed by atoms with van der Waals surface area (Å²) in [7, 11) is -3.88. The van der Waals surface area contributed by atoms with E-state index >= 15 is 0 Å². The normalized spacial score (nSPS) is 27.1. The van der Waals surface area contributed by atoms with Gasteiger partial charge in [-0.05, 0) is 62.8 Å². The molecule has 1 unspecified atom stereocenters. The summed E-state index contributed by atoms with van der Waals surface area (Å²) in [6.07, 6.45) is -1.51. The molecule has 3 atom stereocenters. The van der Waals surface area contributed by atoms with Crippen molar-refractivity contribution in [1.29, 1.82) is 0 Å². The molecule has 1 saturated carbocycles. The van der Waals surface area contributed by atoms with Crippen molar-refractivity contribution in [3.05, 3.63) is 29.3 Å². The molecule has 35 heavy (non-hydrogen) atoms. The van der Waals surface area contributed by atoms with Gasteiger partial charge in [-0.25, -0.2) is 8.42 Å². The van der Waals surface area contributed by atoms with Gasteiger partial charge in [0, 0.05) is 31.8 Å². The minimum absolute atomic E-state index is 0.00318. The lowest BCUT2D eigenvalue weighted by molar-refractivity contribution is -0.149. The van der Waals surface area contributed by atoms with Crippen LogP contribution < -0.4 is 9.62 Å². The second-order valence-corrected chi connectivity index (χ2v) is 11.8. The van der Waals surface area contributed by atoms with Crippen LogP contribution in [-0.2, 0) is 32.3 Å². The van der Waals surface area contributed by atoms with E-state index in [0.717, 1.165) is 41.6 Å². The number of nitrogens with zero attached hydrogens (tertiary/aromatic N) is 2. The number of aliphatic hydroxyl groups is 1. The van der Waals surface area contributed by atoms with Crippen molar-refractivity contribution in [2.75, 3.05) is 30.4 Å². The van der Waals surface area contributed by atoms with E-state index < -0.39 is 39.2 Å². The molecule has 2 fully saturated rings. The predicted molar refractivity (Wildman–Crippen MR) is 123 cm³/mol. The molecule has 0 bridgehead atoms. The van der Waals surface area contributed by atoms with Gasteiger partial charge < -0.3 is 20.1 Å². The number of halogens is 3. The standard InChI is InChI=1S/C23H32F3N3O5S/c1-15(30)22(8-5-19(12-22)27-18-6-9-34-10-7-18)21(31)28-13-16-11-17(23(24,25)26)3-4-20(16)29(14-28)35(2,32)33/h3-4,11,15,18-19,27,30H,5-10,12-14H2,1-2H3/t15?,19-,22+/m0/s1. The van der Waals surface area contributed by atoms with Crippen molar-refractivity contribution in [3.8, 4) is 0 Å². The molecular weight excluding hydrogens is 487 g/mol. The first kappa shape index (κ1) is 26.2. The van der Waals surface area contributed by atoms with Crippen molar-refractivity contribution in [3.63, 3.8) is 0 Å². The van der Waals surface area contributed by atoms with Crippen LogP contribution in [0.5, 0.6) is 0 Å². The lowest BCUT2D eigenvalue weighted by Crippen LogP contribution is -2.54. The molecule has 3 aliphatic rings. The zero-order valence-corrected chi connectivity index (χ0v) is 20.7. The Morgan fingerprint density at radius 1 is 1.23 bits per heavy atom. The number of benzene rings is 1. The third-order valence-electron chi connectivity index (χ3n) is 7.49. The molecule has 1 amide bonds. The Bertz CT molecular complexity index is 1060. The summed E-state index contributed by atoms with van der Waals surface area (Å²) in [6, 6.07) is 3.13. The van der Waals surface area contributed by atoms with E-state index in [1.54, 1.807) is 6.92 Å². The molecule has 2 aliphatic heterocycles. The number of fused-ring (bicyclic) bond motifs is 1. The van der Waals surface area contributed by atoms with Gasteiger partial charge >= 0.3 is 6.18 Å². The number of rotatable bonds is 5.